The van der Waals surface area contributed by atoms with Gasteiger partial charge in [0.05, 0.1) is 6.42 Å². The molecule has 0 aliphatic heterocycles. The molecule has 0 heterocycles. The van der Waals surface area contributed by atoms with Crippen molar-refractivity contribution >= 4 is 11.5 Å². The molecule has 1 aromatic rings. The quantitative estimate of drug-likeness (QED) is 0.509. The zero-order chi connectivity index (χ0) is 12.8. The molecule has 3 heteroatoms. The summed E-state index contributed by atoms with van der Waals surface area (Å²) in [5.41, 5.74) is 11.8. The van der Waals surface area contributed by atoms with Gasteiger partial charge in [-0.3, -0.25) is 4.79 Å². The lowest BCUT2D eigenvalue weighted by Crippen LogP contribution is -2.15. The fraction of sp³-hybridized carbons (Fsp3) is 0.467. The van der Waals surface area contributed by atoms with Crippen LogP contribution in [0.4, 0.5) is 0 Å². The summed E-state index contributed by atoms with van der Waals surface area (Å²) in [4.78, 5) is 15.0. The Kier molecular flexibility index (Phi) is 4.43. The highest BCUT2D eigenvalue weighted by Crippen LogP contribution is 2.13. The molecule has 2 bridgehead atoms. The Morgan fingerprint density at radius 2 is 1.39 bits per heavy atom. The van der Waals surface area contributed by atoms with Gasteiger partial charge in [-0.05, 0) is 43.2 Å². The molecule has 3 rings (SSSR count). The number of fused-ring (bicyclic) bond motifs is 10. The lowest BCUT2D eigenvalue weighted by Gasteiger charge is -2.02. The first-order valence-corrected chi connectivity index (χ1v) is 6.61. The molecule has 0 atom stereocenters. The van der Waals surface area contributed by atoms with Gasteiger partial charge in [0.1, 0.15) is 0 Å². The summed E-state index contributed by atoms with van der Waals surface area (Å²) < 4.78 is 0. The van der Waals surface area contributed by atoms with Gasteiger partial charge >= 0.3 is 5.71 Å². The van der Waals surface area contributed by atoms with Crippen LogP contribution in [0.3, 0.4) is 0 Å². The fourth-order valence-corrected chi connectivity index (χ4v) is 2.34. The second-order valence-electron chi connectivity index (χ2n) is 4.85. The number of Topliss-reactive ketones (excluding diaryl/α,β-unsaturated/α-hetero) is 1. The van der Waals surface area contributed by atoms with Crippen molar-refractivity contribution in [2.24, 2.45) is 0 Å². The van der Waals surface area contributed by atoms with Crippen molar-refractivity contribution in [3.63, 3.8) is 0 Å². The van der Waals surface area contributed by atoms with Gasteiger partial charge in [-0.1, -0.05) is 24.3 Å². The van der Waals surface area contributed by atoms with E-state index in [1.807, 2.05) is 0 Å². The molecule has 0 unspecified atom stereocenters. The predicted molar refractivity (Wildman–Crippen MR) is 70.6 cm³/mol. The third kappa shape index (κ3) is 3.38. The largest absolute Gasteiger partial charge is 0.361 e. The number of rotatable bonds is 0. The molecular weight excluding hydrogens is 224 g/mol. The number of carbonyl (C=O) groups excluding carboxylic acids is 1. The molecule has 18 heavy (non-hydrogen) atoms. The Morgan fingerprint density at radius 3 is 2.00 bits per heavy atom. The smallest absolute Gasteiger partial charge is 0.334 e. The van der Waals surface area contributed by atoms with Crippen molar-refractivity contribution in [1.82, 2.24) is 0 Å². The third-order valence-corrected chi connectivity index (χ3v) is 3.46. The van der Waals surface area contributed by atoms with E-state index in [2.05, 4.69) is 29.1 Å². The predicted octanol–water partition coefficient (Wildman–Crippen LogP) is 2.98. The topological polar surface area (TPSA) is 53.5 Å². The van der Waals surface area contributed by atoms with Crippen LogP contribution in [0.5, 0.6) is 0 Å². The highest BCUT2D eigenvalue weighted by Gasteiger charge is 2.19. The Balaban J connectivity index is 2.10. The number of nitrogens with zero attached hydrogens (tertiary/aromatic N) is 2. The Hall–Kier alpha value is -1.73. The molecule has 1 aromatic carbocycles. The van der Waals surface area contributed by atoms with E-state index in [0.717, 1.165) is 32.1 Å². The lowest BCUT2D eigenvalue weighted by atomic mass is 10.0. The normalized spacial score (nSPS) is 17.6. The first-order valence-electron chi connectivity index (χ1n) is 6.61. The van der Waals surface area contributed by atoms with Crippen LogP contribution in [-0.2, 0) is 17.6 Å². The second kappa shape index (κ2) is 6.27. The minimum Gasteiger partial charge on any atom is -0.361 e. The molecule has 0 spiro atoms. The van der Waals surface area contributed by atoms with Gasteiger partial charge in [-0.2, -0.15) is 4.79 Å². The summed E-state index contributed by atoms with van der Waals surface area (Å²) in [6, 6.07) is 8.66. The van der Waals surface area contributed by atoms with Crippen molar-refractivity contribution in [3.05, 3.63) is 40.9 Å². The first kappa shape index (κ1) is 12.7. The zero-order valence-corrected chi connectivity index (χ0v) is 10.6. The Morgan fingerprint density at radius 1 is 0.833 bits per heavy atom. The van der Waals surface area contributed by atoms with Crippen LogP contribution >= 0.6 is 0 Å². The summed E-state index contributed by atoms with van der Waals surface area (Å²) in [7, 11) is 0. The maximum atomic E-state index is 11.8. The van der Waals surface area contributed by atoms with Gasteiger partial charge in [0.25, 0.3) is 0 Å². The van der Waals surface area contributed by atoms with Crippen molar-refractivity contribution in [2.45, 2.75) is 44.9 Å². The molecule has 2 aliphatic rings. The van der Waals surface area contributed by atoms with E-state index < -0.39 is 0 Å². The van der Waals surface area contributed by atoms with Crippen molar-refractivity contribution in [1.29, 1.82) is 0 Å². The number of aryl methyl sites for hydroxylation is 2. The summed E-state index contributed by atoms with van der Waals surface area (Å²) >= 11 is 0. The SMILES string of the molecule is [N-]=[N+]=C1CCCCc2ccc(cc2)CCCC1=O. The molecule has 0 saturated carbocycles. The zero-order valence-electron chi connectivity index (χ0n) is 10.6. The molecule has 0 radical (unpaired) electrons. The molecule has 0 saturated heterocycles. The summed E-state index contributed by atoms with van der Waals surface area (Å²) in [6.45, 7) is 0. The van der Waals surface area contributed by atoms with E-state index >= 15 is 0 Å². The average Bonchev–Trinajstić information content (AvgIpc) is 2.42. The van der Waals surface area contributed by atoms with Crippen LogP contribution in [0.25, 0.3) is 5.53 Å². The molecule has 2 aliphatic carbocycles. The van der Waals surface area contributed by atoms with E-state index in [1.165, 1.54) is 11.1 Å². The van der Waals surface area contributed by atoms with Crippen LogP contribution in [-0.4, -0.2) is 16.3 Å². The first-order chi connectivity index (χ1) is 8.79. The number of hydrogen-bond acceptors (Lipinski definition) is 1. The Bertz CT molecular complexity index is 470. The molecule has 0 amide bonds. The van der Waals surface area contributed by atoms with Gasteiger partial charge < -0.3 is 5.53 Å². The van der Waals surface area contributed by atoms with Gasteiger partial charge in [0, 0.05) is 6.42 Å². The molecule has 0 aromatic heterocycles. The molecule has 94 valence electrons. The summed E-state index contributed by atoms with van der Waals surface area (Å²) in [6.07, 6.45) is 5.72. The highest BCUT2D eigenvalue weighted by atomic mass is 16.1. The van der Waals surface area contributed by atoms with Crippen LogP contribution < -0.4 is 0 Å². The monoisotopic (exact) mass is 242 g/mol. The van der Waals surface area contributed by atoms with Gasteiger partial charge in [0.2, 0.25) is 5.78 Å². The van der Waals surface area contributed by atoms with Gasteiger partial charge in [-0.25, -0.2) is 0 Å². The van der Waals surface area contributed by atoms with Crippen LogP contribution in [0, 0.1) is 0 Å². The van der Waals surface area contributed by atoms with Gasteiger partial charge in [0.15, 0.2) is 0 Å². The van der Waals surface area contributed by atoms with Crippen LogP contribution in [0.2, 0.25) is 0 Å². The maximum Gasteiger partial charge on any atom is 0.334 e. The molecule has 0 fully saturated rings. The summed E-state index contributed by atoms with van der Waals surface area (Å²) in [5.74, 6) is -0.00694. The highest BCUT2D eigenvalue weighted by molar-refractivity contribution is 6.37. The minimum atomic E-state index is -0.00694. The van der Waals surface area contributed by atoms with E-state index in [9.17, 15) is 4.79 Å². The molecule has 3 nitrogen and oxygen atoms in total. The van der Waals surface area contributed by atoms with Crippen LogP contribution in [0.15, 0.2) is 24.3 Å². The van der Waals surface area contributed by atoms with E-state index in [1.54, 1.807) is 0 Å². The number of benzene rings is 1. The van der Waals surface area contributed by atoms with E-state index in [0.29, 0.717) is 18.6 Å². The number of hydrogen-bond donors (Lipinski definition) is 0. The van der Waals surface area contributed by atoms with Crippen LogP contribution in [0.1, 0.15) is 43.2 Å². The maximum absolute atomic E-state index is 11.8. The van der Waals surface area contributed by atoms with Crippen molar-refractivity contribution < 1.29 is 9.58 Å². The third-order valence-electron chi connectivity index (χ3n) is 3.46. The number of carbonyl (C=O) groups is 1. The minimum absolute atomic E-state index is 0.00694. The fourth-order valence-electron chi connectivity index (χ4n) is 2.34. The van der Waals surface area contributed by atoms with Gasteiger partial charge in [-0.15, -0.1) is 0 Å². The standard InChI is InChI=1S/C15H18N2O/c16-17-14-6-2-1-4-12-8-10-13(11-9-12)5-3-7-15(14)18/h8-11H,1-7H2. The van der Waals surface area contributed by atoms with E-state index in [-0.39, 0.29) is 5.78 Å². The second-order valence-corrected chi connectivity index (χ2v) is 4.85. The lowest BCUT2D eigenvalue weighted by molar-refractivity contribution is -0.117. The molecule has 0 N–H and O–H groups in total. The molecular formula is C15H18N2O. The van der Waals surface area contributed by atoms with E-state index in [4.69, 9.17) is 5.53 Å². The van der Waals surface area contributed by atoms with Crippen molar-refractivity contribution in [3.8, 4) is 0 Å². The Labute approximate surface area is 107 Å². The number of ketones is 1. The van der Waals surface area contributed by atoms with Crippen molar-refractivity contribution in [2.75, 3.05) is 0 Å². The average molecular weight is 242 g/mol. The summed E-state index contributed by atoms with van der Waals surface area (Å²) in [5, 5.41) is 0.